The van der Waals surface area contributed by atoms with Crippen LogP contribution < -0.4 is 15.7 Å². The van der Waals surface area contributed by atoms with Crippen molar-refractivity contribution >= 4 is 18.5 Å². The van der Waals surface area contributed by atoms with Crippen LogP contribution >= 0.6 is 0 Å². The normalized spacial score (nSPS) is 13.7. The fraction of sp³-hybridized carbons (Fsp3) is 0.143. The van der Waals surface area contributed by atoms with E-state index in [0.29, 0.717) is 0 Å². The van der Waals surface area contributed by atoms with Gasteiger partial charge < -0.3 is 4.57 Å². The van der Waals surface area contributed by atoms with E-state index in [2.05, 4.69) is 9.98 Å². The van der Waals surface area contributed by atoms with Gasteiger partial charge in [-0.15, -0.1) is 0 Å². The molecule has 1 aliphatic heterocycles. The maximum absolute atomic E-state index is 4.12. The SMILES string of the molecule is Cn1cnc2c1=CC=[N+]C=2. The van der Waals surface area contributed by atoms with Crippen molar-refractivity contribution in [1.82, 2.24) is 14.5 Å². The number of nitrogens with zero attached hydrogens (tertiary/aromatic N) is 3. The molecule has 1 radical (unpaired) electrons. The highest BCUT2D eigenvalue weighted by atomic mass is 15.0. The number of hydrogen-bond donors (Lipinski definition) is 0. The van der Waals surface area contributed by atoms with Gasteiger partial charge in [0, 0.05) is 13.1 Å². The molecule has 0 amide bonds. The summed E-state index contributed by atoms with van der Waals surface area (Å²) in [5.74, 6) is 0. The van der Waals surface area contributed by atoms with E-state index >= 15 is 0 Å². The summed E-state index contributed by atoms with van der Waals surface area (Å²) in [7, 11) is 1.97. The summed E-state index contributed by atoms with van der Waals surface area (Å²) in [5.41, 5.74) is 0. The van der Waals surface area contributed by atoms with Gasteiger partial charge in [0.2, 0.25) is 6.21 Å². The van der Waals surface area contributed by atoms with Crippen LogP contribution in [-0.4, -0.2) is 15.8 Å². The van der Waals surface area contributed by atoms with Crippen LogP contribution in [0.5, 0.6) is 0 Å². The van der Waals surface area contributed by atoms with Crippen molar-refractivity contribution in [1.29, 1.82) is 0 Å². The van der Waals surface area contributed by atoms with Crippen molar-refractivity contribution < 1.29 is 0 Å². The molecule has 0 N–H and O–H groups in total. The highest BCUT2D eigenvalue weighted by Crippen LogP contribution is 1.66. The standard InChI is InChI=1S/C7H7N3/c1-10-5-9-6-4-8-3-2-7(6)10/h2-5H,1H3/q+1. The van der Waals surface area contributed by atoms with Crippen LogP contribution in [0.2, 0.25) is 0 Å². The zero-order valence-electron chi connectivity index (χ0n) is 5.65. The molecule has 0 saturated carbocycles. The summed E-state index contributed by atoms with van der Waals surface area (Å²) in [6, 6.07) is 0. The minimum atomic E-state index is 0.949. The summed E-state index contributed by atoms with van der Waals surface area (Å²) in [5, 5.41) is 2.07. The zero-order valence-corrected chi connectivity index (χ0v) is 5.65. The quantitative estimate of drug-likeness (QED) is 0.417. The van der Waals surface area contributed by atoms with Crippen LogP contribution in [0.4, 0.5) is 0 Å². The van der Waals surface area contributed by atoms with Gasteiger partial charge in [-0.3, -0.25) is 0 Å². The summed E-state index contributed by atoms with van der Waals surface area (Å²) < 4.78 is 1.97. The molecule has 0 aliphatic carbocycles. The Kier molecular flexibility index (Phi) is 0.974. The van der Waals surface area contributed by atoms with Crippen molar-refractivity contribution in [2.75, 3.05) is 0 Å². The largest absolute Gasteiger partial charge is 0.333 e. The molecular weight excluding hydrogens is 126 g/mol. The molecule has 0 aromatic carbocycles. The van der Waals surface area contributed by atoms with Crippen LogP contribution in [0, 0.1) is 0 Å². The minimum absolute atomic E-state index is 0.949. The molecule has 1 aromatic rings. The molecule has 1 aromatic heterocycles. The third-order valence-corrected chi connectivity index (χ3v) is 1.53. The second-order valence-electron chi connectivity index (χ2n) is 2.22. The Balaban J connectivity index is 2.96. The predicted octanol–water partition coefficient (Wildman–Crippen LogP) is -1.64. The molecule has 0 spiro atoms. The topological polar surface area (TPSA) is 31.9 Å². The summed E-state index contributed by atoms with van der Waals surface area (Å²) >= 11 is 0. The molecule has 0 unspecified atom stereocenters. The van der Waals surface area contributed by atoms with Gasteiger partial charge in [0.05, 0.1) is 16.7 Å². The predicted molar refractivity (Wildman–Crippen MR) is 39.6 cm³/mol. The fourth-order valence-corrected chi connectivity index (χ4v) is 0.988. The molecule has 49 valence electrons. The number of hydrogen-bond acceptors (Lipinski definition) is 2. The van der Waals surface area contributed by atoms with Crippen molar-refractivity contribution in [3.63, 3.8) is 0 Å². The van der Waals surface area contributed by atoms with Crippen molar-refractivity contribution in [3.8, 4) is 0 Å². The van der Waals surface area contributed by atoms with Crippen molar-refractivity contribution in [2.24, 2.45) is 7.05 Å². The van der Waals surface area contributed by atoms with Gasteiger partial charge >= 0.3 is 0 Å². The third kappa shape index (κ3) is 0.603. The van der Waals surface area contributed by atoms with Crippen LogP contribution in [0.25, 0.3) is 12.3 Å². The molecule has 2 rings (SSSR count). The molecule has 0 saturated heterocycles. The molecule has 1 aliphatic rings. The highest BCUT2D eigenvalue weighted by molar-refractivity contribution is 5.91. The number of aliphatic imine (C=N–C) groups is 1. The second-order valence-corrected chi connectivity index (χ2v) is 2.22. The van der Waals surface area contributed by atoms with Crippen LogP contribution in [-0.2, 0) is 7.05 Å². The van der Waals surface area contributed by atoms with Gasteiger partial charge in [-0.1, -0.05) is 0 Å². The Hall–Kier alpha value is -1.38. The fourth-order valence-electron chi connectivity index (χ4n) is 0.988. The van der Waals surface area contributed by atoms with Gasteiger partial charge in [0.1, 0.15) is 0 Å². The number of aromatic nitrogens is 2. The number of fused-ring (bicyclic) bond motifs is 1. The first-order chi connectivity index (χ1) is 4.88. The van der Waals surface area contributed by atoms with E-state index in [1.807, 2.05) is 17.7 Å². The average Bonchev–Trinajstić information content (AvgIpc) is 2.34. The molecule has 2 heterocycles. The Bertz CT molecular complexity index is 383. The third-order valence-electron chi connectivity index (χ3n) is 1.53. The monoisotopic (exact) mass is 133 g/mol. The van der Waals surface area contributed by atoms with Gasteiger partial charge in [-0.05, 0) is 0 Å². The minimum Gasteiger partial charge on any atom is -0.333 e. The first-order valence-corrected chi connectivity index (χ1v) is 3.09. The zero-order chi connectivity index (χ0) is 6.97. The Morgan fingerprint density at radius 3 is 3.30 bits per heavy atom. The first-order valence-electron chi connectivity index (χ1n) is 3.09. The number of imidazole rings is 1. The van der Waals surface area contributed by atoms with Crippen molar-refractivity contribution in [3.05, 3.63) is 17.0 Å². The molecule has 0 bridgehead atoms. The lowest BCUT2D eigenvalue weighted by atomic mass is 10.4. The van der Waals surface area contributed by atoms with E-state index in [9.17, 15) is 0 Å². The molecule has 0 atom stereocenters. The Morgan fingerprint density at radius 1 is 1.60 bits per heavy atom. The van der Waals surface area contributed by atoms with Crippen LogP contribution in [0.15, 0.2) is 6.33 Å². The van der Waals surface area contributed by atoms with E-state index in [0.717, 1.165) is 10.7 Å². The molecule has 3 nitrogen and oxygen atoms in total. The lowest BCUT2D eigenvalue weighted by Gasteiger charge is -1.84. The van der Waals surface area contributed by atoms with E-state index in [1.54, 1.807) is 18.7 Å². The lowest BCUT2D eigenvalue weighted by molar-refractivity contribution is 0.881. The van der Waals surface area contributed by atoms with E-state index in [1.165, 1.54) is 0 Å². The molecule has 0 fully saturated rings. The summed E-state index contributed by atoms with van der Waals surface area (Å²) in [6.45, 7) is 0. The van der Waals surface area contributed by atoms with E-state index in [-0.39, 0.29) is 0 Å². The van der Waals surface area contributed by atoms with Gasteiger partial charge in [-0.2, -0.15) is 0 Å². The Morgan fingerprint density at radius 2 is 2.50 bits per heavy atom. The Labute approximate surface area is 58.0 Å². The highest BCUT2D eigenvalue weighted by Gasteiger charge is 1.99. The van der Waals surface area contributed by atoms with E-state index < -0.39 is 0 Å². The molecule has 3 heteroatoms. The smallest absolute Gasteiger partial charge is 0.269 e. The van der Waals surface area contributed by atoms with Gasteiger partial charge in [-0.25, -0.2) is 4.98 Å². The molecule has 10 heavy (non-hydrogen) atoms. The number of aryl methyl sites for hydroxylation is 1. The lowest BCUT2D eigenvalue weighted by Crippen LogP contribution is -2.31. The average molecular weight is 133 g/mol. The molecular formula is C7H7N3+. The van der Waals surface area contributed by atoms with E-state index in [4.69, 9.17) is 0 Å². The first kappa shape index (κ1) is 5.41. The maximum atomic E-state index is 4.12. The summed E-state index contributed by atoms with van der Waals surface area (Å²) in [6.07, 6.45) is 7.26. The second kappa shape index (κ2) is 1.80. The van der Waals surface area contributed by atoms with Crippen molar-refractivity contribution in [2.45, 2.75) is 0 Å². The van der Waals surface area contributed by atoms with Gasteiger partial charge in [0.25, 0.3) is 6.20 Å². The van der Waals surface area contributed by atoms with Gasteiger partial charge in [0.15, 0.2) is 5.35 Å². The van der Waals surface area contributed by atoms with Crippen LogP contribution in [0.3, 0.4) is 0 Å². The number of rotatable bonds is 0. The maximum Gasteiger partial charge on any atom is 0.269 e. The van der Waals surface area contributed by atoms with Crippen LogP contribution in [0.1, 0.15) is 0 Å². The summed E-state index contributed by atoms with van der Waals surface area (Å²) in [4.78, 5) is 8.07.